The van der Waals surface area contributed by atoms with Crippen molar-refractivity contribution in [2.24, 2.45) is 0 Å². The molecule has 1 amide bonds. The van der Waals surface area contributed by atoms with Crippen LogP contribution in [-0.4, -0.2) is 64.4 Å². The molecule has 0 atom stereocenters. The number of piperazine rings is 1. The van der Waals surface area contributed by atoms with Crippen molar-refractivity contribution >= 4 is 21.6 Å². The second-order valence-corrected chi connectivity index (χ2v) is 9.79. The Morgan fingerprint density at radius 1 is 1.03 bits per heavy atom. The summed E-state index contributed by atoms with van der Waals surface area (Å²) < 4.78 is 29.0. The van der Waals surface area contributed by atoms with Crippen LogP contribution in [0.5, 0.6) is 0 Å². The van der Waals surface area contributed by atoms with E-state index in [1.807, 2.05) is 13.0 Å². The van der Waals surface area contributed by atoms with E-state index in [2.05, 4.69) is 5.10 Å². The largest absolute Gasteiger partial charge is 0.335 e. The summed E-state index contributed by atoms with van der Waals surface area (Å²) >= 11 is 0. The SMILES string of the molecule is Cc1ccc(C)c(S(=O)(=O)N2CCN(C(=O)c3ccn(-c4cccc([N+](=O)[O-])c4)n3)CC2)c1. The molecule has 0 bridgehead atoms. The van der Waals surface area contributed by atoms with E-state index in [4.69, 9.17) is 0 Å². The molecule has 33 heavy (non-hydrogen) atoms. The van der Waals surface area contributed by atoms with Gasteiger partial charge in [-0.2, -0.15) is 9.40 Å². The number of nitro benzene ring substituents is 1. The molecule has 0 unspecified atom stereocenters. The van der Waals surface area contributed by atoms with E-state index >= 15 is 0 Å². The molecule has 0 aliphatic carbocycles. The van der Waals surface area contributed by atoms with Crippen molar-refractivity contribution in [2.75, 3.05) is 26.2 Å². The van der Waals surface area contributed by atoms with Gasteiger partial charge in [0.1, 0.15) is 0 Å². The molecule has 1 aromatic heterocycles. The van der Waals surface area contributed by atoms with Gasteiger partial charge in [-0.3, -0.25) is 14.9 Å². The first-order valence-corrected chi connectivity index (χ1v) is 11.8. The average molecular weight is 470 g/mol. The van der Waals surface area contributed by atoms with Crippen molar-refractivity contribution in [1.82, 2.24) is 19.0 Å². The quantitative estimate of drug-likeness (QED) is 0.419. The number of aryl methyl sites for hydroxylation is 2. The second-order valence-electron chi connectivity index (χ2n) is 7.89. The van der Waals surface area contributed by atoms with Crippen LogP contribution in [0.3, 0.4) is 0 Å². The zero-order valence-corrected chi connectivity index (χ0v) is 19.0. The monoisotopic (exact) mass is 469 g/mol. The van der Waals surface area contributed by atoms with Crippen molar-refractivity contribution in [3.63, 3.8) is 0 Å². The number of sulfonamides is 1. The van der Waals surface area contributed by atoms with Crippen molar-refractivity contribution < 1.29 is 18.1 Å². The van der Waals surface area contributed by atoms with Gasteiger partial charge >= 0.3 is 0 Å². The highest BCUT2D eigenvalue weighted by Crippen LogP contribution is 2.23. The highest BCUT2D eigenvalue weighted by Gasteiger charge is 2.32. The number of nitro groups is 1. The minimum atomic E-state index is -3.65. The van der Waals surface area contributed by atoms with Crippen LogP contribution in [0.15, 0.2) is 59.6 Å². The molecule has 11 heteroatoms. The van der Waals surface area contributed by atoms with E-state index in [1.54, 1.807) is 48.4 Å². The minimum absolute atomic E-state index is 0.0722. The van der Waals surface area contributed by atoms with E-state index in [9.17, 15) is 23.3 Å². The van der Waals surface area contributed by atoms with Crippen LogP contribution in [-0.2, 0) is 10.0 Å². The minimum Gasteiger partial charge on any atom is -0.335 e. The number of benzene rings is 2. The highest BCUT2D eigenvalue weighted by molar-refractivity contribution is 7.89. The molecule has 0 N–H and O–H groups in total. The Bertz CT molecular complexity index is 1330. The summed E-state index contributed by atoms with van der Waals surface area (Å²) in [7, 11) is -3.65. The number of amides is 1. The molecule has 172 valence electrons. The van der Waals surface area contributed by atoms with Gasteiger partial charge in [0, 0.05) is 44.5 Å². The molecule has 1 aliphatic heterocycles. The fourth-order valence-electron chi connectivity index (χ4n) is 3.75. The van der Waals surface area contributed by atoms with Crippen LogP contribution in [0.2, 0.25) is 0 Å². The molecular weight excluding hydrogens is 446 g/mol. The summed E-state index contributed by atoms with van der Waals surface area (Å²) in [5, 5.41) is 15.3. The van der Waals surface area contributed by atoms with Crippen LogP contribution in [0.4, 0.5) is 5.69 Å². The number of hydrogen-bond acceptors (Lipinski definition) is 6. The molecule has 1 aliphatic rings. The molecule has 0 saturated carbocycles. The number of hydrogen-bond donors (Lipinski definition) is 0. The van der Waals surface area contributed by atoms with E-state index in [-0.39, 0.29) is 48.4 Å². The van der Waals surface area contributed by atoms with Gasteiger partial charge in [-0.1, -0.05) is 18.2 Å². The highest BCUT2D eigenvalue weighted by atomic mass is 32.2. The zero-order valence-electron chi connectivity index (χ0n) is 18.2. The van der Waals surface area contributed by atoms with Crippen LogP contribution >= 0.6 is 0 Å². The van der Waals surface area contributed by atoms with E-state index < -0.39 is 14.9 Å². The summed E-state index contributed by atoms with van der Waals surface area (Å²) in [5.41, 5.74) is 2.13. The molecule has 0 radical (unpaired) electrons. The van der Waals surface area contributed by atoms with E-state index in [0.717, 1.165) is 5.56 Å². The molecule has 4 rings (SSSR count). The Labute approximate surface area is 191 Å². The topological polar surface area (TPSA) is 119 Å². The summed E-state index contributed by atoms with van der Waals surface area (Å²) in [4.78, 5) is 25.3. The molecule has 2 heterocycles. The predicted octanol–water partition coefficient (Wildman–Crippen LogP) is 2.54. The second kappa shape index (κ2) is 8.75. The van der Waals surface area contributed by atoms with Crippen LogP contribution < -0.4 is 0 Å². The van der Waals surface area contributed by atoms with E-state index in [0.29, 0.717) is 11.3 Å². The van der Waals surface area contributed by atoms with Crippen LogP contribution in [0.1, 0.15) is 21.6 Å². The number of nitrogens with zero attached hydrogens (tertiary/aromatic N) is 5. The lowest BCUT2D eigenvalue weighted by Crippen LogP contribution is -2.50. The van der Waals surface area contributed by atoms with Gasteiger partial charge < -0.3 is 4.90 Å². The third-order valence-corrected chi connectivity index (χ3v) is 7.64. The smallest absolute Gasteiger partial charge is 0.274 e. The lowest BCUT2D eigenvalue weighted by molar-refractivity contribution is -0.384. The molecular formula is C22H23N5O5S. The summed E-state index contributed by atoms with van der Waals surface area (Å²) in [6, 6.07) is 12.8. The number of aromatic nitrogens is 2. The standard InChI is InChI=1S/C22H23N5O5S/c1-16-6-7-17(2)21(14-16)33(31,32)25-12-10-24(11-13-25)22(28)20-8-9-26(23-20)18-4-3-5-19(15-18)27(29)30/h3-9,14-15H,10-13H2,1-2H3. The third-order valence-electron chi connectivity index (χ3n) is 5.60. The number of carbonyl (C=O) groups is 1. The van der Waals surface area contributed by atoms with Gasteiger partial charge in [0.2, 0.25) is 10.0 Å². The van der Waals surface area contributed by atoms with Gasteiger partial charge in [-0.15, -0.1) is 0 Å². The first kappa shape index (κ1) is 22.6. The average Bonchev–Trinajstić information content (AvgIpc) is 3.30. The summed E-state index contributed by atoms with van der Waals surface area (Å²) in [5.74, 6) is -0.317. The molecule has 0 spiro atoms. The van der Waals surface area contributed by atoms with Crippen molar-refractivity contribution in [3.8, 4) is 5.69 Å². The number of non-ortho nitro benzene ring substituents is 1. The summed E-state index contributed by atoms with van der Waals surface area (Å²) in [6.07, 6.45) is 1.56. The molecule has 10 nitrogen and oxygen atoms in total. The molecule has 2 aromatic carbocycles. The Kier molecular flexibility index (Phi) is 6.00. The fourth-order valence-corrected chi connectivity index (χ4v) is 5.48. The lowest BCUT2D eigenvalue weighted by atomic mass is 10.2. The van der Waals surface area contributed by atoms with Crippen molar-refractivity contribution in [1.29, 1.82) is 0 Å². The van der Waals surface area contributed by atoms with Gasteiger partial charge in [-0.25, -0.2) is 13.1 Å². The maximum absolute atomic E-state index is 13.1. The Morgan fingerprint density at radius 2 is 1.76 bits per heavy atom. The zero-order chi connectivity index (χ0) is 23.8. The Morgan fingerprint density at radius 3 is 2.45 bits per heavy atom. The Balaban J connectivity index is 1.46. The maximum Gasteiger partial charge on any atom is 0.274 e. The van der Waals surface area contributed by atoms with Crippen LogP contribution in [0.25, 0.3) is 5.69 Å². The first-order valence-electron chi connectivity index (χ1n) is 10.3. The maximum atomic E-state index is 13.1. The van der Waals surface area contributed by atoms with Gasteiger partial charge in [0.15, 0.2) is 5.69 Å². The normalized spacial score (nSPS) is 14.9. The van der Waals surface area contributed by atoms with Gasteiger partial charge in [0.25, 0.3) is 11.6 Å². The fraction of sp³-hybridized carbons (Fsp3) is 0.273. The van der Waals surface area contributed by atoms with Gasteiger partial charge in [0.05, 0.1) is 15.5 Å². The van der Waals surface area contributed by atoms with E-state index in [1.165, 1.54) is 21.1 Å². The molecule has 3 aromatic rings. The van der Waals surface area contributed by atoms with Crippen molar-refractivity contribution in [2.45, 2.75) is 18.7 Å². The Hall–Kier alpha value is -3.57. The van der Waals surface area contributed by atoms with Crippen LogP contribution in [0, 0.1) is 24.0 Å². The first-order chi connectivity index (χ1) is 15.7. The summed E-state index contributed by atoms with van der Waals surface area (Å²) in [6.45, 7) is 4.48. The lowest BCUT2D eigenvalue weighted by Gasteiger charge is -2.34. The third kappa shape index (κ3) is 4.50. The molecule has 1 saturated heterocycles. The van der Waals surface area contributed by atoms with Gasteiger partial charge in [-0.05, 0) is 43.2 Å². The van der Waals surface area contributed by atoms with Crippen molar-refractivity contribution in [3.05, 3.63) is 81.7 Å². The molecule has 1 fully saturated rings. The predicted molar refractivity (Wildman–Crippen MR) is 121 cm³/mol. The number of rotatable bonds is 5. The number of carbonyl (C=O) groups excluding carboxylic acids is 1.